The van der Waals surface area contributed by atoms with E-state index in [9.17, 15) is 18.0 Å². The van der Waals surface area contributed by atoms with Gasteiger partial charge in [0, 0.05) is 6.20 Å². The molecule has 1 amide bonds. The maximum atomic E-state index is 13.1. The van der Waals surface area contributed by atoms with Gasteiger partial charge in [-0.05, 0) is 32.3 Å². The van der Waals surface area contributed by atoms with E-state index in [4.69, 9.17) is 4.74 Å². The molecule has 1 aromatic rings. The number of halogens is 3. The van der Waals surface area contributed by atoms with Crippen molar-refractivity contribution in [1.82, 2.24) is 10.3 Å². The van der Waals surface area contributed by atoms with Crippen LogP contribution in [0.4, 0.5) is 18.9 Å². The lowest BCUT2D eigenvalue weighted by Gasteiger charge is -2.46. The standard InChI is InChI=1S/C13H16F3N3O2/c1-7(21-12(4-2-5-12)13(14,15)16)10-18-8-3-6-17-9(8)11(20)19-10/h3,6-7,10,17-18H,2,4-5H2,1H3,(H,19,20). The van der Waals surface area contributed by atoms with Crippen LogP contribution >= 0.6 is 0 Å². The van der Waals surface area contributed by atoms with Gasteiger partial charge in [-0.1, -0.05) is 0 Å². The molecule has 3 N–H and O–H groups in total. The number of alkyl halides is 3. The van der Waals surface area contributed by atoms with Crippen LogP contribution in [0.2, 0.25) is 0 Å². The molecule has 1 aliphatic carbocycles. The minimum atomic E-state index is -4.39. The number of carbonyl (C=O) groups is 1. The van der Waals surface area contributed by atoms with E-state index < -0.39 is 24.0 Å². The first-order valence-corrected chi connectivity index (χ1v) is 6.82. The molecule has 2 heterocycles. The summed E-state index contributed by atoms with van der Waals surface area (Å²) in [5, 5.41) is 5.58. The summed E-state index contributed by atoms with van der Waals surface area (Å²) in [5.41, 5.74) is -1.14. The lowest BCUT2D eigenvalue weighted by Crippen LogP contribution is -2.59. The Morgan fingerprint density at radius 2 is 2.10 bits per heavy atom. The second-order valence-electron chi connectivity index (χ2n) is 5.53. The molecule has 0 bridgehead atoms. The molecule has 2 unspecified atom stereocenters. The number of aromatic amines is 1. The van der Waals surface area contributed by atoms with Crippen molar-refractivity contribution in [2.24, 2.45) is 0 Å². The highest BCUT2D eigenvalue weighted by atomic mass is 19.4. The Labute approximate surface area is 119 Å². The van der Waals surface area contributed by atoms with Gasteiger partial charge in [0.1, 0.15) is 11.9 Å². The number of aromatic nitrogens is 1. The lowest BCUT2D eigenvalue weighted by molar-refractivity contribution is -0.316. The van der Waals surface area contributed by atoms with Gasteiger partial charge >= 0.3 is 6.18 Å². The Morgan fingerprint density at radius 1 is 1.38 bits per heavy atom. The van der Waals surface area contributed by atoms with Crippen LogP contribution in [0, 0.1) is 0 Å². The summed E-state index contributed by atoms with van der Waals surface area (Å²) in [7, 11) is 0. The van der Waals surface area contributed by atoms with E-state index in [1.807, 2.05) is 0 Å². The molecule has 1 fully saturated rings. The van der Waals surface area contributed by atoms with Gasteiger partial charge in [0.2, 0.25) is 0 Å². The first-order valence-electron chi connectivity index (χ1n) is 6.82. The number of H-pyrrole nitrogens is 1. The van der Waals surface area contributed by atoms with Crippen LogP contribution in [0.1, 0.15) is 36.7 Å². The van der Waals surface area contributed by atoms with Crippen molar-refractivity contribution in [3.8, 4) is 0 Å². The molecule has 0 radical (unpaired) electrons. The predicted octanol–water partition coefficient (Wildman–Crippen LogP) is 2.39. The van der Waals surface area contributed by atoms with Crippen LogP contribution in [0.5, 0.6) is 0 Å². The summed E-state index contributed by atoms with van der Waals surface area (Å²) in [6, 6.07) is 1.66. The molecule has 2 atom stereocenters. The molecule has 1 aliphatic heterocycles. The number of amides is 1. The van der Waals surface area contributed by atoms with Crippen LogP contribution in [-0.4, -0.2) is 34.9 Å². The molecule has 116 valence electrons. The predicted molar refractivity (Wildman–Crippen MR) is 68.9 cm³/mol. The highest BCUT2D eigenvalue weighted by Crippen LogP contribution is 2.49. The molecular formula is C13H16F3N3O2. The van der Waals surface area contributed by atoms with Crippen molar-refractivity contribution in [2.45, 2.75) is 50.2 Å². The second kappa shape index (κ2) is 4.66. The number of hydrogen-bond donors (Lipinski definition) is 3. The monoisotopic (exact) mass is 303 g/mol. The summed E-state index contributed by atoms with van der Waals surface area (Å²) in [4.78, 5) is 14.6. The van der Waals surface area contributed by atoms with E-state index >= 15 is 0 Å². The fraction of sp³-hybridized carbons (Fsp3) is 0.615. The van der Waals surface area contributed by atoms with Gasteiger partial charge in [0.15, 0.2) is 5.60 Å². The Balaban J connectivity index is 1.72. The molecule has 3 rings (SSSR count). The fourth-order valence-corrected chi connectivity index (χ4v) is 2.72. The number of nitrogens with one attached hydrogen (secondary N) is 3. The summed E-state index contributed by atoms with van der Waals surface area (Å²) in [6.07, 6.45) is -3.86. The number of carbonyl (C=O) groups excluding carboxylic acids is 1. The van der Waals surface area contributed by atoms with Gasteiger partial charge in [0.25, 0.3) is 5.91 Å². The minimum Gasteiger partial charge on any atom is -0.361 e. The minimum absolute atomic E-state index is 0.0308. The Kier molecular flexibility index (Phi) is 3.16. The first-order chi connectivity index (χ1) is 9.82. The first kappa shape index (κ1) is 14.2. The van der Waals surface area contributed by atoms with E-state index in [2.05, 4.69) is 15.6 Å². The van der Waals surface area contributed by atoms with Crippen molar-refractivity contribution in [3.05, 3.63) is 18.0 Å². The zero-order chi connectivity index (χ0) is 15.3. The third kappa shape index (κ3) is 2.27. The van der Waals surface area contributed by atoms with Crippen LogP contribution in [0.25, 0.3) is 0 Å². The highest BCUT2D eigenvalue weighted by Gasteiger charge is 2.60. The highest BCUT2D eigenvalue weighted by molar-refractivity contribution is 6.00. The van der Waals surface area contributed by atoms with Gasteiger partial charge in [-0.25, -0.2) is 0 Å². The van der Waals surface area contributed by atoms with Crippen molar-refractivity contribution in [3.63, 3.8) is 0 Å². The normalized spacial score (nSPS) is 25.3. The number of ether oxygens (including phenoxy) is 1. The zero-order valence-corrected chi connectivity index (χ0v) is 11.4. The Bertz CT molecular complexity index is 551. The zero-order valence-electron chi connectivity index (χ0n) is 11.4. The quantitative estimate of drug-likeness (QED) is 0.803. The van der Waals surface area contributed by atoms with Crippen molar-refractivity contribution >= 4 is 11.6 Å². The maximum Gasteiger partial charge on any atom is 0.417 e. The van der Waals surface area contributed by atoms with Crippen LogP contribution in [0.15, 0.2) is 12.3 Å². The smallest absolute Gasteiger partial charge is 0.361 e. The van der Waals surface area contributed by atoms with Crippen molar-refractivity contribution in [2.75, 3.05) is 5.32 Å². The molecule has 0 spiro atoms. The molecule has 5 nitrogen and oxygen atoms in total. The van der Waals surface area contributed by atoms with Gasteiger partial charge < -0.3 is 20.4 Å². The molecule has 21 heavy (non-hydrogen) atoms. The van der Waals surface area contributed by atoms with Gasteiger partial charge in [-0.2, -0.15) is 13.2 Å². The number of hydrogen-bond acceptors (Lipinski definition) is 3. The van der Waals surface area contributed by atoms with E-state index in [1.54, 1.807) is 12.3 Å². The molecule has 1 aromatic heterocycles. The Hall–Kier alpha value is -1.70. The molecule has 1 saturated carbocycles. The summed E-state index contributed by atoms with van der Waals surface area (Å²) in [6.45, 7) is 1.53. The second-order valence-corrected chi connectivity index (χ2v) is 5.53. The average Bonchev–Trinajstić information content (AvgIpc) is 2.80. The van der Waals surface area contributed by atoms with Crippen LogP contribution in [-0.2, 0) is 4.74 Å². The topological polar surface area (TPSA) is 66.1 Å². The van der Waals surface area contributed by atoms with E-state index in [0.717, 1.165) is 0 Å². The molecule has 0 saturated heterocycles. The van der Waals surface area contributed by atoms with E-state index in [0.29, 0.717) is 17.8 Å². The SMILES string of the molecule is CC(OC1(C(F)(F)F)CCC1)C1NC(=O)c2[nH]ccc2N1. The van der Waals surface area contributed by atoms with Gasteiger partial charge in [0.05, 0.1) is 11.8 Å². The largest absolute Gasteiger partial charge is 0.417 e. The average molecular weight is 303 g/mol. The molecule has 2 aliphatic rings. The maximum absolute atomic E-state index is 13.1. The number of rotatable bonds is 3. The molecule has 8 heteroatoms. The number of anilines is 1. The summed E-state index contributed by atoms with van der Waals surface area (Å²) < 4.78 is 44.6. The summed E-state index contributed by atoms with van der Waals surface area (Å²) in [5.74, 6) is -0.358. The third-order valence-electron chi connectivity index (χ3n) is 4.13. The molecular weight excluding hydrogens is 287 g/mol. The van der Waals surface area contributed by atoms with Crippen LogP contribution < -0.4 is 10.6 Å². The van der Waals surface area contributed by atoms with Crippen molar-refractivity contribution in [1.29, 1.82) is 0 Å². The summed E-state index contributed by atoms with van der Waals surface area (Å²) >= 11 is 0. The van der Waals surface area contributed by atoms with E-state index in [-0.39, 0.29) is 18.7 Å². The Morgan fingerprint density at radius 3 is 2.67 bits per heavy atom. The third-order valence-corrected chi connectivity index (χ3v) is 4.13. The fourth-order valence-electron chi connectivity index (χ4n) is 2.72. The number of fused-ring (bicyclic) bond motifs is 1. The van der Waals surface area contributed by atoms with Crippen molar-refractivity contribution < 1.29 is 22.7 Å². The van der Waals surface area contributed by atoms with Gasteiger partial charge in [-0.15, -0.1) is 0 Å². The lowest BCUT2D eigenvalue weighted by atomic mass is 9.79. The van der Waals surface area contributed by atoms with Crippen LogP contribution in [0.3, 0.4) is 0 Å². The van der Waals surface area contributed by atoms with E-state index in [1.165, 1.54) is 6.92 Å². The van der Waals surface area contributed by atoms with Gasteiger partial charge in [-0.3, -0.25) is 4.79 Å². The molecule has 0 aromatic carbocycles.